The zero-order valence-electron chi connectivity index (χ0n) is 12.7. The van der Waals surface area contributed by atoms with Crippen molar-refractivity contribution in [3.05, 3.63) is 17.7 Å². The van der Waals surface area contributed by atoms with Crippen LogP contribution in [0.25, 0.3) is 0 Å². The highest BCUT2D eigenvalue weighted by Crippen LogP contribution is 2.38. The van der Waals surface area contributed by atoms with E-state index in [2.05, 4.69) is 10.5 Å². The van der Waals surface area contributed by atoms with Crippen LogP contribution in [0.3, 0.4) is 0 Å². The molecule has 1 fully saturated rings. The number of rotatable bonds is 6. The number of methoxy groups -OCH3 is 2. The smallest absolute Gasteiger partial charge is 0.308 e. The number of hydrogen-bond acceptors (Lipinski definition) is 6. The lowest BCUT2D eigenvalue weighted by molar-refractivity contribution is -0.132. The standard InChI is InChI=1S/C15H18N2O5/c1-9(18)22-14-12(20-2)6-10(7-13(14)21-3)8-16-17-15(19)11-4-5-11/h6-8,11H,4-5H2,1-3H3,(H,17,19)/b16-8+. The van der Waals surface area contributed by atoms with Gasteiger partial charge < -0.3 is 14.2 Å². The van der Waals surface area contributed by atoms with Crippen LogP contribution in [0.1, 0.15) is 25.3 Å². The summed E-state index contributed by atoms with van der Waals surface area (Å²) in [4.78, 5) is 22.6. The van der Waals surface area contributed by atoms with Crippen molar-refractivity contribution in [1.29, 1.82) is 0 Å². The zero-order chi connectivity index (χ0) is 16.1. The van der Waals surface area contributed by atoms with Crippen molar-refractivity contribution in [1.82, 2.24) is 5.43 Å². The lowest BCUT2D eigenvalue weighted by atomic mass is 10.2. The van der Waals surface area contributed by atoms with Crippen LogP contribution in [0.5, 0.6) is 17.2 Å². The Morgan fingerprint density at radius 1 is 1.23 bits per heavy atom. The van der Waals surface area contributed by atoms with E-state index in [0.717, 1.165) is 12.8 Å². The molecule has 1 saturated carbocycles. The van der Waals surface area contributed by atoms with E-state index in [1.165, 1.54) is 27.4 Å². The number of hydrazone groups is 1. The van der Waals surface area contributed by atoms with Crippen molar-refractivity contribution in [3.63, 3.8) is 0 Å². The molecule has 22 heavy (non-hydrogen) atoms. The summed E-state index contributed by atoms with van der Waals surface area (Å²) < 4.78 is 15.5. The molecular weight excluding hydrogens is 288 g/mol. The summed E-state index contributed by atoms with van der Waals surface area (Å²) in [7, 11) is 2.91. The van der Waals surface area contributed by atoms with Crippen molar-refractivity contribution < 1.29 is 23.8 Å². The predicted molar refractivity (Wildman–Crippen MR) is 79.3 cm³/mol. The lowest BCUT2D eigenvalue weighted by Gasteiger charge is -2.13. The fraction of sp³-hybridized carbons (Fsp3) is 0.400. The Morgan fingerprint density at radius 2 is 1.82 bits per heavy atom. The van der Waals surface area contributed by atoms with E-state index >= 15 is 0 Å². The lowest BCUT2D eigenvalue weighted by Crippen LogP contribution is -2.18. The van der Waals surface area contributed by atoms with Crippen LogP contribution in [0, 0.1) is 5.92 Å². The molecule has 0 bridgehead atoms. The molecule has 7 nitrogen and oxygen atoms in total. The zero-order valence-corrected chi connectivity index (χ0v) is 12.7. The van der Waals surface area contributed by atoms with Gasteiger partial charge in [0.05, 0.1) is 20.4 Å². The van der Waals surface area contributed by atoms with Crippen molar-refractivity contribution in [3.8, 4) is 17.2 Å². The van der Waals surface area contributed by atoms with Gasteiger partial charge in [-0.25, -0.2) is 5.43 Å². The first-order chi connectivity index (χ1) is 10.5. The van der Waals surface area contributed by atoms with Gasteiger partial charge in [-0.3, -0.25) is 9.59 Å². The number of hydrogen-bond donors (Lipinski definition) is 1. The molecule has 1 aromatic rings. The molecule has 0 radical (unpaired) electrons. The van der Waals surface area contributed by atoms with Crippen LogP contribution < -0.4 is 19.6 Å². The molecule has 2 rings (SSSR count). The van der Waals surface area contributed by atoms with E-state index in [1.54, 1.807) is 12.1 Å². The van der Waals surface area contributed by atoms with Gasteiger partial charge >= 0.3 is 5.97 Å². The number of nitrogens with zero attached hydrogens (tertiary/aromatic N) is 1. The molecule has 1 aliphatic rings. The number of carbonyl (C=O) groups excluding carboxylic acids is 2. The minimum absolute atomic E-state index is 0.0771. The maximum atomic E-state index is 11.5. The number of esters is 1. The Morgan fingerprint density at radius 3 is 2.27 bits per heavy atom. The molecule has 0 aliphatic heterocycles. The van der Waals surface area contributed by atoms with Crippen LogP contribution in [-0.2, 0) is 9.59 Å². The monoisotopic (exact) mass is 306 g/mol. The minimum Gasteiger partial charge on any atom is -0.493 e. The summed E-state index contributed by atoms with van der Waals surface area (Å²) in [5.41, 5.74) is 3.12. The third kappa shape index (κ3) is 3.97. The largest absolute Gasteiger partial charge is 0.493 e. The average molecular weight is 306 g/mol. The summed E-state index contributed by atoms with van der Waals surface area (Å²) in [6, 6.07) is 3.27. The van der Waals surface area contributed by atoms with Crippen LogP contribution in [0.15, 0.2) is 17.2 Å². The number of nitrogens with one attached hydrogen (secondary N) is 1. The topological polar surface area (TPSA) is 86.2 Å². The van der Waals surface area contributed by atoms with E-state index in [9.17, 15) is 9.59 Å². The molecule has 0 atom stereocenters. The van der Waals surface area contributed by atoms with Gasteiger partial charge in [0.25, 0.3) is 0 Å². The fourth-order valence-electron chi connectivity index (χ4n) is 1.83. The van der Waals surface area contributed by atoms with E-state index in [-0.39, 0.29) is 17.6 Å². The third-order valence-corrected chi connectivity index (χ3v) is 3.07. The molecule has 0 unspecified atom stereocenters. The molecule has 118 valence electrons. The highest BCUT2D eigenvalue weighted by Gasteiger charge is 2.29. The molecule has 0 heterocycles. The van der Waals surface area contributed by atoms with Gasteiger partial charge in [0.15, 0.2) is 11.5 Å². The quantitative estimate of drug-likeness (QED) is 0.372. The second kappa shape index (κ2) is 6.93. The number of carbonyl (C=O) groups is 2. The molecule has 0 aromatic heterocycles. The van der Waals surface area contributed by atoms with Gasteiger partial charge in [0.2, 0.25) is 11.7 Å². The van der Waals surface area contributed by atoms with Crippen LogP contribution in [-0.4, -0.2) is 32.3 Å². The van der Waals surface area contributed by atoms with Gasteiger partial charge in [0.1, 0.15) is 0 Å². The Labute approximate surface area is 128 Å². The molecule has 0 saturated heterocycles. The second-order valence-electron chi connectivity index (χ2n) is 4.86. The van der Waals surface area contributed by atoms with Gasteiger partial charge in [-0.05, 0) is 25.0 Å². The highest BCUT2D eigenvalue weighted by molar-refractivity contribution is 5.86. The maximum Gasteiger partial charge on any atom is 0.308 e. The van der Waals surface area contributed by atoms with Gasteiger partial charge in [0, 0.05) is 18.4 Å². The van der Waals surface area contributed by atoms with Crippen LogP contribution in [0.4, 0.5) is 0 Å². The molecule has 1 N–H and O–H groups in total. The Hall–Kier alpha value is -2.57. The van der Waals surface area contributed by atoms with Crippen LogP contribution in [0.2, 0.25) is 0 Å². The average Bonchev–Trinajstić information content (AvgIpc) is 3.32. The van der Waals surface area contributed by atoms with Gasteiger partial charge in [-0.15, -0.1) is 0 Å². The molecule has 1 aliphatic carbocycles. The minimum atomic E-state index is -0.477. The van der Waals surface area contributed by atoms with Crippen molar-refractivity contribution >= 4 is 18.1 Å². The van der Waals surface area contributed by atoms with E-state index < -0.39 is 5.97 Å². The molecule has 7 heteroatoms. The number of amides is 1. The summed E-state index contributed by atoms with van der Waals surface area (Å²) in [5, 5.41) is 3.90. The number of ether oxygens (including phenoxy) is 3. The predicted octanol–water partition coefficient (Wildman–Crippen LogP) is 1.49. The summed E-state index contributed by atoms with van der Waals surface area (Å²) in [6.07, 6.45) is 3.31. The molecule has 1 aromatic carbocycles. The van der Waals surface area contributed by atoms with E-state index in [4.69, 9.17) is 14.2 Å². The number of benzene rings is 1. The Bertz CT molecular complexity index is 583. The van der Waals surface area contributed by atoms with Gasteiger partial charge in [-0.2, -0.15) is 5.10 Å². The molecular formula is C15H18N2O5. The first-order valence-electron chi connectivity index (χ1n) is 6.82. The van der Waals surface area contributed by atoms with Crippen molar-refractivity contribution in [2.24, 2.45) is 11.0 Å². The Balaban J connectivity index is 2.18. The SMILES string of the molecule is COc1cc(/C=N/NC(=O)C2CC2)cc(OC)c1OC(C)=O. The molecule has 0 spiro atoms. The Kier molecular flexibility index (Phi) is 4.98. The normalized spacial score (nSPS) is 13.8. The summed E-state index contributed by atoms with van der Waals surface area (Å²) >= 11 is 0. The van der Waals surface area contributed by atoms with E-state index in [1.807, 2.05) is 0 Å². The van der Waals surface area contributed by atoms with Crippen molar-refractivity contribution in [2.45, 2.75) is 19.8 Å². The van der Waals surface area contributed by atoms with E-state index in [0.29, 0.717) is 17.1 Å². The van der Waals surface area contributed by atoms with Gasteiger partial charge in [-0.1, -0.05) is 0 Å². The molecule has 1 amide bonds. The maximum absolute atomic E-state index is 11.5. The van der Waals surface area contributed by atoms with Crippen LogP contribution >= 0.6 is 0 Å². The van der Waals surface area contributed by atoms with Crippen molar-refractivity contribution in [2.75, 3.05) is 14.2 Å². The fourth-order valence-corrected chi connectivity index (χ4v) is 1.83. The first-order valence-corrected chi connectivity index (χ1v) is 6.82. The first kappa shape index (κ1) is 15.8. The third-order valence-electron chi connectivity index (χ3n) is 3.07. The summed E-state index contributed by atoms with van der Waals surface area (Å²) in [5.74, 6) is 0.416. The summed E-state index contributed by atoms with van der Waals surface area (Å²) in [6.45, 7) is 1.29. The highest BCUT2D eigenvalue weighted by atomic mass is 16.6. The second-order valence-corrected chi connectivity index (χ2v) is 4.86.